The van der Waals surface area contributed by atoms with Crippen molar-refractivity contribution in [3.8, 4) is 5.75 Å². The Labute approximate surface area is 118 Å². The van der Waals surface area contributed by atoms with Crippen LogP contribution in [0, 0.1) is 5.92 Å². The van der Waals surface area contributed by atoms with Gasteiger partial charge in [-0.2, -0.15) is 0 Å². The summed E-state index contributed by atoms with van der Waals surface area (Å²) < 4.78 is 5.60. The first-order valence-corrected chi connectivity index (χ1v) is 6.97. The molecule has 1 atom stereocenters. The fourth-order valence-electron chi connectivity index (χ4n) is 2.16. The van der Waals surface area contributed by atoms with Crippen LogP contribution in [-0.4, -0.2) is 25.6 Å². The molecule has 0 radical (unpaired) electrons. The molecule has 1 heterocycles. The maximum Gasteiger partial charge on any atom is 0.226 e. The second-order valence-corrected chi connectivity index (χ2v) is 5.19. The molecule has 1 unspecified atom stereocenters. The van der Waals surface area contributed by atoms with Gasteiger partial charge in [-0.15, -0.1) is 0 Å². The van der Waals surface area contributed by atoms with Gasteiger partial charge < -0.3 is 15.8 Å². The van der Waals surface area contributed by atoms with Gasteiger partial charge in [0.05, 0.1) is 5.92 Å². The average molecular weight is 283 g/mol. The Morgan fingerprint density at radius 3 is 3.11 bits per heavy atom. The first kappa shape index (κ1) is 14.2. The lowest BCUT2D eigenvalue weighted by Crippen LogP contribution is -2.37. The number of carbonyl (C=O) groups is 1. The summed E-state index contributed by atoms with van der Waals surface area (Å²) in [6, 6.07) is 5.52. The third kappa shape index (κ3) is 3.85. The number of hydrogen-bond acceptors (Lipinski definition) is 3. The number of halogens is 1. The van der Waals surface area contributed by atoms with Crippen LogP contribution in [0.2, 0.25) is 5.02 Å². The molecule has 0 fully saturated rings. The van der Waals surface area contributed by atoms with Crippen molar-refractivity contribution in [3.05, 3.63) is 28.8 Å². The largest absolute Gasteiger partial charge is 0.492 e. The van der Waals surface area contributed by atoms with Crippen LogP contribution in [0.3, 0.4) is 0 Å². The van der Waals surface area contributed by atoms with Crippen molar-refractivity contribution in [1.29, 1.82) is 0 Å². The monoisotopic (exact) mass is 282 g/mol. The van der Waals surface area contributed by atoms with E-state index in [1.807, 2.05) is 12.1 Å². The summed E-state index contributed by atoms with van der Waals surface area (Å²) in [6.07, 6.45) is 2.52. The predicted octanol–water partition coefficient (Wildman–Crippen LogP) is 1.75. The zero-order valence-electron chi connectivity index (χ0n) is 10.8. The predicted molar refractivity (Wildman–Crippen MR) is 75.4 cm³/mol. The Bertz CT molecular complexity index is 451. The number of nitrogens with one attached hydrogen (secondary N) is 1. The lowest BCUT2D eigenvalue weighted by atomic mass is 9.96. The van der Waals surface area contributed by atoms with Crippen LogP contribution in [0.15, 0.2) is 18.2 Å². The smallest absolute Gasteiger partial charge is 0.226 e. The van der Waals surface area contributed by atoms with Crippen molar-refractivity contribution in [2.75, 3.05) is 19.7 Å². The summed E-state index contributed by atoms with van der Waals surface area (Å²) in [4.78, 5) is 12.0. The van der Waals surface area contributed by atoms with Crippen LogP contribution in [0.1, 0.15) is 18.4 Å². The van der Waals surface area contributed by atoms with E-state index in [0.29, 0.717) is 31.1 Å². The number of amides is 1. The van der Waals surface area contributed by atoms with Crippen LogP contribution < -0.4 is 15.8 Å². The molecule has 0 bridgehead atoms. The molecule has 1 aliphatic rings. The summed E-state index contributed by atoms with van der Waals surface area (Å²) >= 11 is 5.95. The van der Waals surface area contributed by atoms with Gasteiger partial charge in [0, 0.05) is 11.6 Å². The second kappa shape index (κ2) is 6.78. The van der Waals surface area contributed by atoms with Gasteiger partial charge in [0.1, 0.15) is 12.4 Å². The van der Waals surface area contributed by atoms with Gasteiger partial charge in [-0.1, -0.05) is 11.6 Å². The Morgan fingerprint density at radius 2 is 2.32 bits per heavy atom. The highest BCUT2D eigenvalue weighted by atomic mass is 35.5. The van der Waals surface area contributed by atoms with Crippen LogP contribution in [0.25, 0.3) is 0 Å². The number of hydrogen-bond donors (Lipinski definition) is 2. The molecule has 1 aromatic rings. The summed E-state index contributed by atoms with van der Waals surface area (Å²) in [5.74, 6) is 0.739. The van der Waals surface area contributed by atoms with Crippen LogP contribution >= 0.6 is 11.6 Å². The summed E-state index contributed by atoms with van der Waals surface area (Å²) in [5.41, 5.74) is 6.41. The molecule has 0 spiro atoms. The number of carbonyl (C=O) groups excluding carboxylic acids is 1. The molecule has 4 nitrogen and oxygen atoms in total. The Balaban J connectivity index is 1.88. The SMILES string of the molecule is NCCCCNC(=O)C1COc2ccc(Cl)cc2C1. The quantitative estimate of drug-likeness (QED) is 0.809. The van der Waals surface area contributed by atoms with Gasteiger partial charge in [0.25, 0.3) is 0 Å². The first-order valence-electron chi connectivity index (χ1n) is 6.59. The summed E-state index contributed by atoms with van der Waals surface area (Å²) in [6.45, 7) is 1.76. The lowest BCUT2D eigenvalue weighted by molar-refractivity contribution is -0.126. The normalized spacial score (nSPS) is 17.5. The molecule has 19 heavy (non-hydrogen) atoms. The van der Waals surface area contributed by atoms with Crippen LogP contribution in [0.5, 0.6) is 5.75 Å². The molecule has 0 saturated carbocycles. The molecule has 104 valence electrons. The molecule has 0 aliphatic carbocycles. The Kier molecular flexibility index (Phi) is 5.05. The fraction of sp³-hybridized carbons (Fsp3) is 0.500. The zero-order valence-corrected chi connectivity index (χ0v) is 11.6. The average Bonchev–Trinajstić information content (AvgIpc) is 2.42. The number of benzene rings is 1. The van der Waals surface area contributed by atoms with Crippen molar-refractivity contribution in [2.45, 2.75) is 19.3 Å². The summed E-state index contributed by atoms with van der Waals surface area (Å²) in [5, 5.41) is 3.60. The van der Waals surface area contributed by atoms with Gasteiger partial charge in [0.15, 0.2) is 0 Å². The molecular weight excluding hydrogens is 264 g/mol. The van der Waals surface area contributed by atoms with E-state index < -0.39 is 0 Å². The molecule has 0 aromatic heterocycles. The summed E-state index contributed by atoms with van der Waals surface area (Å²) in [7, 11) is 0. The molecule has 1 aromatic carbocycles. The van der Waals surface area contributed by atoms with E-state index in [4.69, 9.17) is 22.1 Å². The van der Waals surface area contributed by atoms with E-state index in [1.165, 1.54) is 0 Å². The number of nitrogens with two attached hydrogens (primary N) is 1. The third-order valence-electron chi connectivity index (χ3n) is 3.23. The maximum absolute atomic E-state index is 12.0. The molecule has 2 rings (SSSR count). The minimum atomic E-state index is -0.135. The zero-order chi connectivity index (χ0) is 13.7. The van der Waals surface area contributed by atoms with E-state index in [2.05, 4.69) is 5.32 Å². The van der Waals surface area contributed by atoms with Crippen LogP contribution in [0.4, 0.5) is 0 Å². The van der Waals surface area contributed by atoms with E-state index in [-0.39, 0.29) is 11.8 Å². The van der Waals surface area contributed by atoms with Gasteiger partial charge in [-0.25, -0.2) is 0 Å². The van der Waals surface area contributed by atoms with Crippen molar-refractivity contribution in [1.82, 2.24) is 5.32 Å². The lowest BCUT2D eigenvalue weighted by Gasteiger charge is -2.24. The molecule has 1 aliphatic heterocycles. The maximum atomic E-state index is 12.0. The number of unbranched alkanes of at least 4 members (excludes halogenated alkanes) is 1. The van der Waals surface area contributed by atoms with E-state index in [0.717, 1.165) is 24.2 Å². The minimum Gasteiger partial charge on any atom is -0.492 e. The molecule has 3 N–H and O–H groups in total. The fourth-order valence-corrected chi connectivity index (χ4v) is 2.35. The Morgan fingerprint density at radius 1 is 1.47 bits per heavy atom. The van der Waals surface area contributed by atoms with E-state index in [1.54, 1.807) is 6.07 Å². The molecule has 0 saturated heterocycles. The number of rotatable bonds is 5. The van der Waals surface area contributed by atoms with E-state index in [9.17, 15) is 4.79 Å². The van der Waals surface area contributed by atoms with Gasteiger partial charge in [0.2, 0.25) is 5.91 Å². The van der Waals surface area contributed by atoms with Crippen molar-refractivity contribution in [3.63, 3.8) is 0 Å². The van der Waals surface area contributed by atoms with Crippen molar-refractivity contribution in [2.24, 2.45) is 11.7 Å². The molecular formula is C14H19ClN2O2. The van der Waals surface area contributed by atoms with E-state index >= 15 is 0 Å². The minimum absolute atomic E-state index is 0.0441. The van der Waals surface area contributed by atoms with Crippen LogP contribution in [-0.2, 0) is 11.2 Å². The van der Waals surface area contributed by atoms with Gasteiger partial charge in [-0.05, 0) is 49.6 Å². The highest BCUT2D eigenvalue weighted by molar-refractivity contribution is 6.30. The Hall–Kier alpha value is -1.26. The molecule has 5 heteroatoms. The molecule has 1 amide bonds. The third-order valence-corrected chi connectivity index (χ3v) is 3.46. The highest BCUT2D eigenvalue weighted by Crippen LogP contribution is 2.29. The first-order chi connectivity index (χ1) is 9.20. The second-order valence-electron chi connectivity index (χ2n) is 4.75. The topological polar surface area (TPSA) is 64.3 Å². The van der Waals surface area contributed by atoms with Gasteiger partial charge >= 0.3 is 0 Å². The number of ether oxygens (including phenoxy) is 1. The highest BCUT2D eigenvalue weighted by Gasteiger charge is 2.25. The number of fused-ring (bicyclic) bond motifs is 1. The van der Waals surface area contributed by atoms with Crippen molar-refractivity contribution < 1.29 is 9.53 Å². The van der Waals surface area contributed by atoms with Gasteiger partial charge in [-0.3, -0.25) is 4.79 Å². The standard InChI is InChI=1S/C14H19ClN2O2/c15-12-3-4-13-10(8-12)7-11(9-19-13)14(18)17-6-2-1-5-16/h3-4,8,11H,1-2,5-7,9,16H2,(H,17,18). The van der Waals surface area contributed by atoms with Crippen molar-refractivity contribution >= 4 is 17.5 Å².